The molecule has 0 amide bonds. The summed E-state index contributed by atoms with van der Waals surface area (Å²) in [6, 6.07) is 11.6. The summed E-state index contributed by atoms with van der Waals surface area (Å²) in [5.41, 5.74) is 0.118. The van der Waals surface area contributed by atoms with E-state index in [1.54, 1.807) is 31.5 Å². The lowest BCUT2D eigenvalue weighted by molar-refractivity contribution is -0.655. The summed E-state index contributed by atoms with van der Waals surface area (Å²) in [5, 5.41) is 14.8. The van der Waals surface area contributed by atoms with E-state index in [-0.39, 0.29) is 12.3 Å². The fourth-order valence-electron chi connectivity index (χ4n) is 1.99. The minimum atomic E-state index is -0.682. The van der Waals surface area contributed by atoms with Crippen molar-refractivity contribution in [3.8, 4) is 0 Å². The first kappa shape index (κ1) is 15.0. The number of fused-ring (bicyclic) bond motifs is 1. The zero-order valence-corrected chi connectivity index (χ0v) is 12.4. The number of aromatic nitrogens is 1. The monoisotopic (exact) mass is 286 g/mol. The summed E-state index contributed by atoms with van der Waals surface area (Å²) in [5.74, 6) is -0.682. The lowest BCUT2D eigenvalue weighted by atomic mass is 10.2. The Morgan fingerprint density at radius 3 is 2.57 bits per heavy atom. The molecular weight excluding hydrogens is 268 g/mol. The average molecular weight is 286 g/mol. The number of rotatable bonds is 3. The molecule has 0 bridgehead atoms. The summed E-state index contributed by atoms with van der Waals surface area (Å²) < 4.78 is 6.99. The number of ether oxygens (including phenoxy) is 1. The van der Waals surface area contributed by atoms with Crippen LogP contribution in [0.4, 0.5) is 0 Å². The van der Waals surface area contributed by atoms with Gasteiger partial charge in [-0.1, -0.05) is 12.1 Å². The van der Waals surface area contributed by atoms with Gasteiger partial charge < -0.3 is 15.1 Å². The first-order chi connectivity index (χ1) is 9.90. The van der Waals surface area contributed by atoms with Crippen LogP contribution in [0.15, 0.2) is 47.8 Å². The van der Waals surface area contributed by atoms with E-state index in [1.165, 1.54) is 0 Å². The third kappa shape index (κ3) is 3.78. The topological polar surface area (TPSA) is 65.6 Å². The van der Waals surface area contributed by atoms with Crippen molar-refractivity contribution in [1.29, 1.82) is 0 Å². The molecule has 0 saturated carbocycles. The van der Waals surface area contributed by atoms with E-state index in [4.69, 9.17) is 4.74 Å². The Labute approximate surface area is 123 Å². The Bertz CT molecular complexity index is 682. The first-order valence-corrected chi connectivity index (χ1v) is 6.70. The second-order valence-corrected chi connectivity index (χ2v) is 5.73. The molecule has 0 unspecified atom stereocenters. The van der Waals surface area contributed by atoms with Gasteiger partial charge in [-0.05, 0) is 32.9 Å². The lowest BCUT2D eigenvalue weighted by Crippen LogP contribution is -2.42. The zero-order valence-electron chi connectivity index (χ0n) is 12.4. The van der Waals surface area contributed by atoms with Crippen LogP contribution in [-0.4, -0.2) is 17.3 Å². The maximum Gasteiger partial charge on any atom is 0.359 e. The van der Waals surface area contributed by atoms with Crippen molar-refractivity contribution in [2.75, 3.05) is 0 Å². The maximum atomic E-state index is 12.0. The largest absolute Gasteiger partial charge is 0.791 e. The minimum Gasteiger partial charge on any atom is -0.791 e. The van der Waals surface area contributed by atoms with Gasteiger partial charge in [-0.25, -0.2) is 4.79 Å². The number of carbonyl (C=O) groups is 1. The highest BCUT2D eigenvalue weighted by Gasteiger charge is 2.23. The van der Waals surface area contributed by atoms with Crippen LogP contribution >= 0.6 is 0 Å². The molecule has 0 spiro atoms. The number of pyridine rings is 1. The van der Waals surface area contributed by atoms with E-state index in [0.717, 1.165) is 10.9 Å². The van der Waals surface area contributed by atoms with E-state index >= 15 is 0 Å². The van der Waals surface area contributed by atoms with E-state index in [9.17, 15) is 10.0 Å². The standard InChI is InChI=1S/C16H18N2O3/c1-16(2,3)21-15(19)13(17-20)11-18-10-6-8-12-7-4-5-9-14(12)18/h4-10H,11H2,1-3H3. The van der Waals surface area contributed by atoms with E-state index < -0.39 is 11.6 Å². The van der Waals surface area contributed by atoms with Crippen LogP contribution in [0.3, 0.4) is 0 Å². The number of esters is 1. The van der Waals surface area contributed by atoms with Crippen molar-refractivity contribution in [2.24, 2.45) is 5.16 Å². The molecule has 0 aliphatic carbocycles. The Kier molecular flexibility index (Phi) is 4.21. The molecule has 1 aromatic heterocycles. The lowest BCUT2D eigenvalue weighted by Gasteiger charge is -2.19. The summed E-state index contributed by atoms with van der Waals surface area (Å²) in [7, 11) is 0. The second-order valence-electron chi connectivity index (χ2n) is 5.73. The minimum absolute atomic E-state index is 0.0831. The summed E-state index contributed by atoms with van der Waals surface area (Å²) in [6.45, 7) is 5.33. The molecule has 0 radical (unpaired) electrons. The number of hydrogen-bond acceptors (Lipinski definition) is 4. The Morgan fingerprint density at radius 1 is 1.24 bits per heavy atom. The van der Waals surface area contributed by atoms with Gasteiger partial charge >= 0.3 is 5.97 Å². The van der Waals surface area contributed by atoms with Crippen LogP contribution in [0.25, 0.3) is 10.9 Å². The number of para-hydroxylation sites is 1. The molecule has 0 aliphatic heterocycles. The molecule has 0 aliphatic rings. The third-order valence-electron chi connectivity index (χ3n) is 2.85. The van der Waals surface area contributed by atoms with Gasteiger partial charge in [-0.3, -0.25) is 0 Å². The predicted molar refractivity (Wildman–Crippen MR) is 80.8 cm³/mol. The van der Waals surface area contributed by atoms with Gasteiger partial charge in [0.15, 0.2) is 18.5 Å². The number of hydrogen-bond donors (Lipinski definition) is 0. The van der Waals surface area contributed by atoms with Gasteiger partial charge in [-0.2, -0.15) is 4.57 Å². The van der Waals surface area contributed by atoms with Crippen molar-refractivity contribution in [1.82, 2.24) is 0 Å². The highest BCUT2D eigenvalue weighted by atomic mass is 16.6. The Morgan fingerprint density at radius 2 is 1.90 bits per heavy atom. The van der Waals surface area contributed by atoms with Crippen molar-refractivity contribution in [3.63, 3.8) is 0 Å². The molecule has 2 aromatic rings. The average Bonchev–Trinajstić information content (AvgIpc) is 2.42. The first-order valence-electron chi connectivity index (χ1n) is 6.70. The normalized spacial score (nSPS) is 12.4. The van der Waals surface area contributed by atoms with E-state index in [2.05, 4.69) is 5.16 Å². The molecule has 21 heavy (non-hydrogen) atoms. The smallest absolute Gasteiger partial charge is 0.359 e. The number of nitrogens with zero attached hydrogens (tertiary/aromatic N) is 2. The molecule has 0 saturated heterocycles. The molecular formula is C16H18N2O3. The Hall–Kier alpha value is -2.43. The van der Waals surface area contributed by atoms with Crippen LogP contribution in [0, 0.1) is 5.21 Å². The van der Waals surface area contributed by atoms with Gasteiger partial charge in [0.2, 0.25) is 5.52 Å². The fourth-order valence-corrected chi connectivity index (χ4v) is 1.99. The van der Waals surface area contributed by atoms with E-state index in [1.807, 2.05) is 36.4 Å². The van der Waals surface area contributed by atoms with E-state index in [0.29, 0.717) is 0 Å². The summed E-state index contributed by atoms with van der Waals surface area (Å²) >= 11 is 0. The van der Waals surface area contributed by atoms with Crippen LogP contribution < -0.4 is 4.57 Å². The van der Waals surface area contributed by atoms with Gasteiger partial charge in [0.1, 0.15) is 5.60 Å². The van der Waals surface area contributed by atoms with Gasteiger partial charge in [0.25, 0.3) is 0 Å². The molecule has 110 valence electrons. The van der Waals surface area contributed by atoms with Crippen molar-refractivity contribution in [2.45, 2.75) is 32.9 Å². The van der Waals surface area contributed by atoms with Gasteiger partial charge in [0, 0.05) is 17.5 Å². The van der Waals surface area contributed by atoms with Crippen molar-refractivity contribution in [3.05, 3.63) is 47.8 Å². The maximum absolute atomic E-state index is 12.0. The molecule has 5 heteroatoms. The molecule has 0 atom stereocenters. The van der Waals surface area contributed by atoms with Crippen LogP contribution in [0.2, 0.25) is 0 Å². The van der Waals surface area contributed by atoms with Crippen LogP contribution in [-0.2, 0) is 16.1 Å². The molecule has 5 nitrogen and oxygen atoms in total. The van der Waals surface area contributed by atoms with Crippen molar-refractivity contribution >= 4 is 22.6 Å². The Balaban J connectivity index is 2.28. The van der Waals surface area contributed by atoms with Crippen LogP contribution in [0.1, 0.15) is 20.8 Å². The van der Waals surface area contributed by atoms with Crippen LogP contribution in [0.5, 0.6) is 0 Å². The molecule has 1 heterocycles. The summed E-state index contributed by atoms with van der Waals surface area (Å²) in [6.07, 6.45) is 1.80. The molecule has 1 aromatic carbocycles. The SMILES string of the molecule is CC(C)(C)OC(=O)/C(C[n+]1cccc2ccccc21)=N\[O-]. The molecule has 0 fully saturated rings. The number of benzene rings is 1. The third-order valence-corrected chi connectivity index (χ3v) is 2.85. The second kappa shape index (κ2) is 5.91. The molecule has 0 N–H and O–H groups in total. The number of carbonyl (C=O) groups excluding carboxylic acids is 1. The summed E-state index contributed by atoms with van der Waals surface area (Å²) in [4.78, 5) is 12.0. The molecule has 2 rings (SSSR count). The van der Waals surface area contributed by atoms with Crippen molar-refractivity contribution < 1.29 is 14.1 Å². The highest BCUT2D eigenvalue weighted by Crippen LogP contribution is 2.10. The fraction of sp³-hybridized carbons (Fsp3) is 0.312. The highest BCUT2D eigenvalue weighted by molar-refractivity contribution is 6.36. The van der Waals surface area contributed by atoms with Gasteiger partial charge in [-0.15, -0.1) is 0 Å². The zero-order chi connectivity index (χ0) is 15.5. The van der Waals surface area contributed by atoms with Gasteiger partial charge in [0.05, 0.1) is 0 Å². The quantitative estimate of drug-likeness (QED) is 0.376. The predicted octanol–water partition coefficient (Wildman–Crippen LogP) is 2.41.